The van der Waals surface area contributed by atoms with Crippen LogP contribution in [0.2, 0.25) is 0 Å². The van der Waals surface area contributed by atoms with Crippen LogP contribution in [0.3, 0.4) is 0 Å². The van der Waals surface area contributed by atoms with E-state index in [-0.39, 0.29) is 18.1 Å². The second kappa shape index (κ2) is 6.68. The number of ether oxygens (including phenoxy) is 1. The number of carbonyl (C=O) groups excluding carboxylic acids is 1. The molecule has 2 N–H and O–H groups in total. The van der Waals surface area contributed by atoms with Crippen molar-refractivity contribution >= 4 is 11.7 Å². The van der Waals surface area contributed by atoms with Crippen LogP contribution in [0.15, 0.2) is 24.4 Å². The summed E-state index contributed by atoms with van der Waals surface area (Å²) in [5.41, 5.74) is 8.88. The summed E-state index contributed by atoms with van der Waals surface area (Å²) in [6, 6.07) is 7.20. The highest BCUT2D eigenvalue weighted by Gasteiger charge is 2.18. The van der Waals surface area contributed by atoms with E-state index < -0.39 is 0 Å². The van der Waals surface area contributed by atoms with Crippen LogP contribution in [0.25, 0.3) is 11.3 Å². The molecule has 6 nitrogen and oxygen atoms in total. The monoisotopic (exact) mass is 296 g/mol. The summed E-state index contributed by atoms with van der Waals surface area (Å²) in [6.07, 6.45) is 1.65. The summed E-state index contributed by atoms with van der Waals surface area (Å²) in [5, 5.41) is 9.30. The molecule has 0 radical (unpaired) electrons. The van der Waals surface area contributed by atoms with Crippen molar-refractivity contribution < 1.29 is 9.53 Å². The minimum Gasteiger partial charge on any atom is -0.466 e. The zero-order chi connectivity index (χ0) is 16.1. The fraction of sp³-hybridized carbons (Fsp3) is 0.250. The Bertz CT molecular complexity index is 750. The molecule has 0 saturated carbocycles. The highest BCUT2D eigenvalue weighted by atomic mass is 16.5. The Morgan fingerprint density at radius 2 is 2.27 bits per heavy atom. The Labute approximate surface area is 128 Å². The number of nitriles is 1. The molecular weight excluding hydrogens is 280 g/mol. The highest BCUT2D eigenvalue weighted by molar-refractivity contribution is 5.83. The van der Waals surface area contributed by atoms with Crippen molar-refractivity contribution in [2.24, 2.45) is 0 Å². The second-order valence-electron chi connectivity index (χ2n) is 4.68. The van der Waals surface area contributed by atoms with Gasteiger partial charge in [-0.2, -0.15) is 5.26 Å². The first kappa shape index (κ1) is 15.4. The van der Waals surface area contributed by atoms with Crippen molar-refractivity contribution in [3.05, 3.63) is 41.3 Å². The van der Waals surface area contributed by atoms with Gasteiger partial charge in [-0.05, 0) is 31.5 Å². The van der Waals surface area contributed by atoms with E-state index in [0.29, 0.717) is 34.8 Å². The standard InChI is InChI=1S/C16H16N4O2/c1-3-22-14(21)8-11-5-4-6-19-16(11)15-12(18)7-10(2)20-13(15)9-17/h4-7H,3,8H2,1-2H3,(H2,18,20). The van der Waals surface area contributed by atoms with Gasteiger partial charge < -0.3 is 10.5 Å². The number of rotatable bonds is 4. The van der Waals surface area contributed by atoms with E-state index in [1.54, 1.807) is 38.2 Å². The van der Waals surface area contributed by atoms with Crippen LogP contribution in [0.1, 0.15) is 23.9 Å². The first-order valence-corrected chi connectivity index (χ1v) is 6.84. The average molecular weight is 296 g/mol. The molecule has 2 aromatic rings. The van der Waals surface area contributed by atoms with E-state index in [1.807, 2.05) is 6.07 Å². The van der Waals surface area contributed by atoms with Crippen LogP contribution in [-0.2, 0) is 16.0 Å². The molecule has 0 bridgehead atoms. The Morgan fingerprint density at radius 3 is 2.95 bits per heavy atom. The summed E-state index contributed by atoms with van der Waals surface area (Å²) in [5.74, 6) is -0.353. The second-order valence-corrected chi connectivity index (χ2v) is 4.68. The van der Waals surface area contributed by atoms with Crippen LogP contribution in [0, 0.1) is 18.3 Å². The number of hydrogen-bond acceptors (Lipinski definition) is 6. The van der Waals surface area contributed by atoms with Crippen molar-refractivity contribution in [3.8, 4) is 17.3 Å². The van der Waals surface area contributed by atoms with Gasteiger partial charge in [0.05, 0.1) is 24.3 Å². The van der Waals surface area contributed by atoms with Crippen LogP contribution in [-0.4, -0.2) is 22.5 Å². The van der Waals surface area contributed by atoms with Crippen molar-refractivity contribution in [1.82, 2.24) is 9.97 Å². The Balaban J connectivity index is 2.55. The van der Waals surface area contributed by atoms with Gasteiger partial charge in [0.15, 0.2) is 5.69 Å². The normalized spacial score (nSPS) is 10.0. The van der Waals surface area contributed by atoms with Crippen LogP contribution < -0.4 is 5.73 Å². The van der Waals surface area contributed by atoms with Gasteiger partial charge in [-0.1, -0.05) is 6.07 Å². The number of anilines is 1. The van der Waals surface area contributed by atoms with Gasteiger partial charge in [0.2, 0.25) is 0 Å². The maximum atomic E-state index is 11.7. The average Bonchev–Trinajstić information content (AvgIpc) is 2.47. The van der Waals surface area contributed by atoms with Crippen molar-refractivity contribution in [3.63, 3.8) is 0 Å². The molecule has 112 valence electrons. The smallest absolute Gasteiger partial charge is 0.310 e. The van der Waals surface area contributed by atoms with Crippen LogP contribution in [0.4, 0.5) is 5.69 Å². The van der Waals surface area contributed by atoms with Gasteiger partial charge in [0.25, 0.3) is 0 Å². The van der Waals surface area contributed by atoms with Crippen molar-refractivity contribution in [2.75, 3.05) is 12.3 Å². The molecule has 0 saturated heterocycles. The predicted molar refractivity (Wildman–Crippen MR) is 81.7 cm³/mol. The maximum absolute atomic E-state index is 11.7. The first-order chi connectivity index (χ1) is 10.6. The van der Waals surface area contributed by atoms with Gasteiger partial charge in [-0.3, -0.25) is 9.78 Å². The van der Waals surface area contributed by atoms with E-state index in [4.69, 9.17) is 10.5 Å². The molecule has 0 aliphatic carbocycles. The predicted octanol–water partition coefficient (Wildman–Crippen LogP) is 2.01. The summed E-state index contributed by atoms with van der Waals surface area (Å²) in [6.45, 7) is 3.82. The molecular formula is C16H16N4O2. The molecule has 6 heteroatoms. The minimum absolute atomic E-state index is 0.0647. The molecule has 0 fully saturated rings. The van der Waals surface area contributed by atoms with E-state index in [9.17, 15) is 10.1 Å². The van der Waals surface area contributed by atoms with Gasteiger partial charge in [-0.15, -0.1) is 0 Å². The first-order valence-electron chi connectivity index (χ1n) is 6.84. The molecule has 2 heterocycles. The summed E-state index contributed by atoms with van der Waals surface area (Å²) >= 11 is 0. The number of nitrogens with two attached hydrogens (primary N) is 1. The van der Waals surface area contributed by atoms with Gasteiger partial charge in [-0.25, -0.2) is 4.98 Å². The number of aryl methyl sites for hydroxylation is 1. The van der Waals surface area contributed by atoms with Crippen LogP contribution in [0.5, 0.6) is 0 Å². The summed E-state index contributed by atoms with van der Waals surface area (Å²) in [7, 11) is 0. The van der Waals surface area contributed by atoms with Gasteiger partial charge in [0.1, 0.15) is 6.07 Å². The highest BCUT2D eigenvalue weighted by Crippen LogP contribution is 2.30. The number of pyridine rings is 2. The minimum atomic E-state index is -0.353. The van der Waals surface area contributed by atoms with Gasteiger partial charge in [0, 0.05) is 17.6 Å². The molecule has 0 aliphatic rings. The SMILES string of the molecule is CCOC(=O)Cc1cccnc1-c1c(N)cc(C)nc1C#N. The zero-order valence-electron chi connectivity index (χ0n) is 12.5. The largest absolute Gasteiger partial charge is 0.466 e. The lowest BCUT2D eigenvalue weighted by molar-refractivity contribution is -0.142. The number of aromatic nitrogens is 2. The fourth-order valence-corrected chi connectivity index (χ4v) is 2.20. The van der Waals surface area contributed by atoms with E-state index in [1.165, 1.54) is 0 Å². The number of nitrogens with zero attached hydrogens (tertiary/aromatic N) is 3. The summed E-state index contributed by atoms with van der Waals surface area (Å²) < 4.78 is 4.96. The fourth-order valence-electron chi connectivity index (χ4n) is 2.20. The van der Waals surface area contributed by atoms with Crippen LogP contribution >= 0.6 is 0 Å². The Morgan fingerprint density at radius 1 is 1.50 bits per heavy atom. The Hall–Kier alpha value is -2.94. The van der Waals surface area contributed by atoms with Gasteiger partial charge >= 0.3 is 5.97 Å². The number of nitrogen functional groups attached to an aromatic ring is 1. The molecule has 0 unspecified atom stereocenters. The quantitative estimate of drug-likeness (QED) is 0.866. The number of hydrogen-bond donors (Lipinski definition) is 1. The summed E-state index contributed by atoms with van der Waals surface area (Å²) in [4.78, 5) is 20.2. The molecule has 2 aromatic heterocycles. The lowest BCUT2D eigenvalue weighted by Crippen LogP contribution is -2.10. The third kappa shape index (κ3) is 3.20. The molecule has 0 atom stereocenters. The topological polar surface area (TPSA) is 102 Å². The third-order valence-corrected chi connectivity index (χ3v) is 3.05. The number of carbonyl (C=O) groups is 1. The molecule has 22 heavy (non-hydrogen) atoms. The van der Waals surface area contributed by atoms with E-state index in [2.05, 4.69) is 9.97 Å². The third-order valence-electron chi connectivity index (χ3n) is 3.05. The molecule has 0 aromatic carbocycles. The molecule has 0 amide bonds. The van der Waals surface area contributed by atoms with Crippen molar-refractivity contribution in [1.29, 1.82) is 5.26 Å². The molecule has 2 rings (SSSR count). The van der Waals surface area contributed by atoms with E-state index in [0.717, 1.165) is 0 Å². The lowest BCUT2D eigenvalue weighted by atomic mass is 10.0. The number of esters is 1. The van der Waals surface area contributed by atoms with E-state index >= 15 is 0 Å². The molecule has 0 aliphatic heterocycles. The Kier molecular flexibility index (Phi) is 4.69. The zero-order valence-corrected chi connectivity index (χ0v) is 12.5. The molecule has 0 spiro atoms. The maximum Gasteiger partial charge on any atom is 0.310 e. The lowest BCUT2D eigenvalue weighted by Gasteiger charge is -2.12. The van der Waals surface area contributed by atoms with Crippen molar-refractivity contribution in [2.45, 2.75) is 20.3 Å².